The largest absolute Gasteiger partial charge is 0.467 e. The zero-order chi connectivity index (χ0) is 25.1. The predicted octanol–water partition coefficient (Wildman–Crippen LogP) is 5.41. The van der Waals surface area contributed by atoms with Gasteiger partial charge in [-0.2, -0.15) is 0 Å². The van der Waals surface area contributed by atoms with E-state index in [4.69, 9.17) is 27.9 Å². The quantitative estimate of drug-likeness (QED) is 0.450. The van der Waals surface area contributed by atoms with Crippen LogP contribution in [0.2, 0.25) is 10.0 Å². The van der Waals surface area contributed by atoms with Gasteiger partial charge in [-0.25, -0.2) is 4.79 Å². The fraction of sp³-hybridized carbons (Fsp3) is 0.222. The van der Waals surface area contributed by atoms with Gasteiger partial charge in [-0.15, -0.1) is 0 Å². The topological polar surface area (TPSA) is 77.4 Å². The number of pyridine rings is 1. The van der Waals surface area contributed by atoms with E-state index in [0.29, 0.717) is 11.8 Å². The molecule has 1 amide bonds. The molecule has 6 nitrogen and oxygen atoms in total. The van der Waals surface area contributed by atoms with Crippen molar-refractivity contribution in [2.24, 2.45) is 0 Å². The lowest BCUT2D eigenvalue weighted by Crippen LogP contribution is -2.42. The number of allylic oxidation sites excluding steroid dienone is 3. The normalized spacial score (nSPS) is 16.0. The van der Waals surface area contributed by atoms with Gasteiger partial charge in [0.1, 0.15) is 6.04 Å². The summed E-state index contributed by atoms with van der Waals surface area (Å²) in [5.74, 6) is -1.15. The summed E-state index contributed by atoms with van der Waals surface area (Å²) in [4.78, 5) is 38.3. The van der Waals surface area contributed by atoms with Crippen LogP contribution in [0.25, 0.3) is 10.8 Å². The fourth-order valence-corrected chi connectivity index (χ4v) is 4.83. The molecule has 0 radical (unpaired) electrons. The van der Waals surface area contributed by atoms with Gasteiger partial charge < -0.3 is 14.6 Å². The maximum absolute atomic E-state index is 13.1. The molecule has 1 aliphatic carbocycles. The number of carbonyl (C=O) groups excluding carboxylic acids is 2. The van der Waals surface area contributed by atoms with Crippen LogP contribution in [-0.4, -0.2) is 29.6 Å². The number of aryl methyl sites for hydroxylation is 1. The number of aromatic nitrogens is 1. The zero-order valence-corrected chi connectivity index (χ0v) is 20.8. The van der Waals surface area contributed by atoms with Crippen LogP contribution >= 0.6 is 23.2 Å². The van der Waals surface area contributed by atoms with E-state index in [-0.39, 0.29) is 33.6 Å². The summed E-state index contributed by atoms with van der Waals surface area (Å²) in [6.07, 6.45) is 8.44. The van der Waals surface area contributed by atoms with Gasteiger partial charge >= 0.3 is 5.97 Å². The van der Waals surface area contributed by atoms with Gasteiger partial charge in [-0.3, -0.25) is 9.59 Å². The van der Waals surface area contributed by atoms with Gasteiger partial charge in [0.2, 0.25) is 0 Å². The van der Waals surface area contributed by atoms with Gasteiger partial charge in [-0.1, -0.05) is 65.7 Å². The van der Waals surface area contributed by atoms with E-state index < -0.39 is 17.9 Å². The number of halogens is 2. The molecular formula is C27H24Cl2N2O4. The number of methoxy groups -OCH3 is 1. The molecule has 2 aromatic carbocycles. The highest BCUT2D eigenvalue weighted by molar-refractivity contribution is 6.39. The molecule has 1 heterocycles. The molecule has 1 N–H and O–H groups in total. The molecule has 1 unspecified atom stereocenters. The number of nitrogens with zero attached hydrogens (tertiary/aromatic N) is 1. The maximum atomic E-state index is 13.1. The Bertz CT molecular complexity index is 1400. The van der Waals surface area contributed by atoms with Crippen LogP contribution in [-0.2, 0) is 9.53 Å². The lowest BCUT2D eigenvalue weighted by atomic mass is 9.96. The van der Waals surface area contributed by atoms with Crippen molar-refractivity contribution in [1.29, 1.82) is 0 Å². The van der Waals surface area contributed by atoms with E-state index in [9.17, 15) is 14.4 Å². The number of amides is 1. The van der Waals surface area contributed by atoms with E-state index in [1.807, 2.05) is 55.6 Å². The summed E-state index contributed by atoms with van der Waals surface area (Å²) in [5.41, 5.74) is 1.92. The number of rotatable bonds is 6. The number of fused-ring (bicyclic) bond motifs is 1. The summed E-state index contributed by atoms with van der Waals surface area (Å²) in [5, 5.41) is 4.69. The Morgan fingerprint density at radius 2 is 1.80 bits per heavy atom. The monoisotopic (exact) mass is 510 g/mol. The number of esters is 1. The van der Waals surface area contributed by atoms with Gasteiger partial charge in [0.15, 0.2) is 0 Å². The molecule has 0 fully saturated rings. The SMILES string of the molecule is COC(=O)[C@H](CC1=CCC(n2cc(C)c3ccccc3c2=O)C=C1)NC(=O)c1c(Cl)cccc1Cl. The molecular weight excluding hydrogens is 487 g/mol. The average molecular weight is 511 g/mol. The molecule has 0 bridgehead atoms. The van der Waals surface area contributed by atoms with E-state index in [1.165, 1.54) is 7.11 Å². The summed E-state index contributed by atoms with van der Waals surface area (Å²) in [6, 6.07) is 11.2. The van der Waals surface area contributed by atoms with Gasteiger partial charge in [0.25, 0.3) is 11.5 Å². The minimum absolute atomic E-state index is 0.0472. The molecule has 1 aromatic heterocycles. The second-order valence-corrected chi connectivity index (χ2v) is 9.18. The standard InChI is InChI=1S/C27H24Cl2N2O4/c1-16-15-31(26(33)20-7-4-3-6-19(16)20)18-12-10-17(11-13-18)14-23(27(34)35-2)30-25(32)24-21(28)8-5-9-22(24)29/h3-12,15,18,23H,13-14H2,1-2H3,(H,30,32)/t18?,23-/m0/s1. The second-order valence-electron chi connectivity index (χ2n) is 8.36. The summed E-state index contributed by atoms with van der Waals surface area (Å²) in [7, 11) is 1.26. The van der Waals surface area contributed by atoms with Crippen molar-refractivity contribution in [3.8, 4) is 0 Å². The highest BCUT2D eigenvalue weighted by Crippen LogP contribution is 2.27. The smallest absolute Gasteiger partial charge is 0.328 e. The Morgan fingerprint density at radius 1 is 1.11 bits per heavy atom. The number of nitrogens with one attached hydrogen (secondary N) is 1. The first-order valence-electron chi connectivity index (χ1n) is 11.1. The molecule has 35 heavy (non-hydrogen) atoms. The van der Waals surface area contributed by atoms with Crippen molar-refractivity contribution in [2.75, 3.05) is 7.11 Å². The minimum Gasteiger partial charge on any atom is -0.467 e. The lowest BCUT2D eigenvalue weighted by Gasteiger charge is -2.22. The lowest BCUT2D eigenvalue weighted by molar-refractivity contribution is -0.142. The Morgan fingerprint density at radius 3 is 2.43 bits per heavy atom. The fourth-order valence-electron chi connectivity index (χ4n) is 4.26. The third-order valence-electron chi connectivity index (χ3n) is 6.08. The van der Waals surface area contributed by atoms with Crippen molar-refractivity contribution in [2.45, 2.75) is 31.8 Å². The molecule has 3 aromatic rings. The average Bonchev–Trinajstić information content (AvgIpc) is 2.86. The number of hydrogen-bond acceptors (Lipinski definition) is 4. The Hall–Kier alpha value is -3.35. The van der Waals surface area contributed by atoms with Crippen LogP contribution < -0.4 is 10.9 Å². The number of benzene rings is 2. The molecule has 4 rings (SSSR count). The first-order valence-corrected chi connectivity index (χ1v) is 11.9. The van der Waals surface area contributed by atoms with Crippen molar-refractivity contribution >= 4 is 45.9 Å². The highest BCUT2D eigenvalue weighted by Gasteiger charge is 2.26. The van der Waals surface area contributed by atoms with Crippen LogP contribution in [0.3, 0.4) is 0 Å². The van der Waals surface area contributed by atoms with Gasteiger partial charge in [-0.05, 0) is 48.1 Å². The Kier molecular flexibility index (Phi) is 7.43. The molecule has 8 heteroatoms. The van der Waals surface area contributed by atoms with Crippen LogP contribution in [0.15, 0.2) is 77.3 Å². The van der Waals surface area contributed by atoms with Crippen molar-refractivity contribution in [1.82, 2.24) is 9.88 Å². The van der Waals surface area contributed by atoms with Crippen LogP contribution in [0, 0.1) is 6.92 Å². The predicted molar refractivity (Wildman–Crippen MR) is 138 cm³/mol. The van der Waals surface area contributed by atoms with Crippen molar-refractivity contribution in [3.05, 3.63) is 104 Å². The van der Waals surface area contributed by atoms with Crippen LogP contribution in [0.4, 0.5) is 0 Å². The minimum atomic E-state index is -0.932. The van der Waals surface area contributed by atoms with E-state index in [2.05, 4.69) is 5.32 Å². The highest BCUT2D eigenvalue weighted by atomic mass is 35.5. The molecule has 0 spiro atoms. The summed E-state index contributed by atoms with van der Waals surface area (Å²) >= 11 is 12.3. The molecule has 1 aliphatic rings. The van der Waals surface area contributed by atoms with Gasteiger partial charge in [0.05, 0.1) is 28.8 Å². The Labute approximate surface area is 212 Å². The summed E-state index contributed by atoms with van der Waals surface area (Å²) < 4.78 is 6.63. The third kappa shape index (κ3) is 5.19. The third-order valence-corrected chi connectivity index (χ3v) is 6.71. The van der Waals surface area contributed by atoms with Crippen LogP contribution in [0.5, 0.6) is 0 Å². The Balaban J connectivity index is 1.52. The molecule has 180 valence electrons. The molecule has 0 saturated heterocycles. The molecule has 0 saturated carbocycles. The maximum Gasteiger partial charge on any atom is 0.328 e. The first kappa shape index (κ1) is 24.8. The number of carbonyl (C=O) groups is 2. The summed E-state index contributed by atoms with van der Waals surface area (Å²) in [6.45, 7) is 1.99. The molecule has 0 aliphatic heterocycles. The van der Waals surface area contributed by atoms with E-state index in [1.54, 1.807) is 22.8 Å². The van der Waals surface area contributed by atoms with E-state index in [0.717, 1.165) is 16.5 Å². The van der Waals surface area contributed by atoms with Crippen molar-refractivity contribution in [3.63, 3.8) is 0 Å². The number of ether oxygens (including phenoxy) is 1. The zero-order valence-electron chi connectivity index (χ0n) is 19.3. The molecule has 2 atom stereocenters. The van der Waals surface area contributed by atoms with Crippen molar-refractivity contribution < 1.29 is 14.3 Å². The van der Waals surface area contributed by atoms with Crippen LogP contribution in [0.1, 0.15) is 34.8 Å². The number of hydrogen-bond donors (Lipinski definition) is 1. The van der Waals surface area contributed by atoms with E-state index >= 15 is 0 Å². The first-order chi connectivity index (χ1) is 16.8. The van der Waals surface area contributed by atoms with Gasteiger partial charge in [0, 0.05) is 18.0 Å². The second kappa shape index (κ2) is 10.5.